The quantitative estimate of drug-likeness (QED) is 0.814. The Morgan fingerprint density at radius 3 is 2.37 bits per heavy atom. The molecule has 0 aliphatic carbocycles. The predicted molar refractivity (Wildman–Crippen MR) is 106 cm³/mol. The van der Waals surface area contributed by atoms with E-state index in [0.29, 0.717) is 43.1 Å². The minimum absolute atomic E-state index is 0.0373. The molecule has 0 atom stereocenters. The van der Waals surface area contributed by atoms with Gasteiger partial charge in [-0.3, -0.25) is 4.79 Å². The van der Waals surface area contributed by atoms with Crippen LogP contribution in [-0.4, -0.2) is 49.7 Å². The molecule has 1 aliphatic rings. The summed E-state index contributed by atoms with van der Waals surface area (Å²) in [6.07, 6.45) is 0.627. The van der Waals surface area contributed by atoms with Gasteiger partial charge < -0.3 is 4.90 Å². The van der Waals surface area contributed by atoms with Crippen molar-refractivity contribution in [3.63, 3.8) is 0 Å². The van der Waals surface area contributed by atoms with Crippen LogP contribution in [0.25, 0.3) is 0 Å². The molecule has 0 spiro atoms. The van der Waals surface area contributed by atoms with Crippen LogP contribution in [-0.2, 0) is 10.0 Å². The number of sulfonamides is 1. The van der Waals surface area contributed by atoms with E-state index in [1.807, 2.05) is 57.2 Å². The molecule has 6 heteroatoms. The van der Waals surface area contributed by atoms with Crippen molar-refractivity contribution in [3.8, 4) is 0 Å². The lowest BCUT2D eigenvalue weighted by molar-refractivity contribution is 0.0764. The summed E-state index contributed by atoms with van der Waals surface area (Å²) in [4.78, 5) is 14.9. The Morgan fingerprint density at radius 1 is 0.889 bits per heavy atom. The maximum Gasteiger partial charge on any atom is 0.253 e. The second-order valence-electron chi connectivity index (χ2n) is 7.19. The number of aryl methyl sites for hydroxylation is 3. The van der Waals surface area contributed by atoms with Crippen molar-refractivity contribution < 1.29 is 13.2 Å². The van der Waals surface area contributed by atoms with Crippen molar-refractivity contribution in [2.45, 2.75) is 32.1 Å². The topological polar surface area (TPSA) is 57.7 Å². The molecule has 1 fully saturated rings. The smallest absolute Gasteiger partial charge is 0.253 e. The maximum atomic E-state index is 13.1. The SMILES string of the molecule is Cc1cccc(C(=O)N2CCCN(S(=O)(=O)c3cc(C)ccc3C)CC2)c1. The number of carbonyl (C=O) groups is 1. The molecule has 3 rings (SSSR count). The molecule has 1 aliphatic heterocycles. The first-order chi connectivity index (χ1) is 12.8. The van der Waals surface area contributed by atoms with Gasteiger partial charge in [-0.25, -0.2) is 8.42 Å². The van der Waals surface area contributed by atoms with Crippen LogP contribution in [0.4, 0.5) is 0 Å². The van der Waals surface area contributed by atoms with E-state index in [2.05, 4.69) is 0 Å². The van der Waals surface area contributed by atoms with Crippen molar-refractivity contribution in [2.24, 2.45) is 0 Å². The van der Waals surface area contributed by atoms with Crippen LogP contribution in [0.2, 0.25) is 0 Å². The van der Waals surface area contributed by atoms with Gasteiger partial charge in [-0.1, -0.05) is 29.8 Å². The van der Waals surface area contributed by atoms with Crippen LogP contribution in [0, 0.1) is 20.8 Å². The fourth-order valence-electron chi connectivity index (χ4n) is 3.42. The first-order valence-electron chi connectivity index (χ1n) is 9.22. The highest BCUT2D eigenvalue weighted by atomic mass is 32.2. The van der Waals surface area contributed by atoms with Crippen LogP contribution in [0.3, 0.4) is 0 Å². The van der Waals surface area contributed by atoms with Crippen molar-refractivity contribution in [1.82, 2.24) is 9.21 Å². The van der Waals surface area contributed by atoms with E-state index in [9.17, 15) is 13.2 Å². The molecule has 2 aromatic carbocycles. The summed E-state index contributed by atoms with van der Waals surface area (Å²) in [6, 6.07) is 13.0. The van der Waals surface area contributed by atoms with Gasteiger partial charge in [0, 0.05) is 31.7 Å². The minimum Gasteiger partial charge on any atom is -0.337 e. The van der Waals surface area contributed by atoms with E-state index >= 15 is 0 Å². The van der Waals surface area contributed by atoms with Crippen molar-refractivity contribution in [2.75, 3.05) is 26.2 Å². The van der Waals surface area contributed by atoms with Gasteiger partial charge in [0.1, 0.15) is 0 Å². The normalized spacial score (nSPS) is 16.2. The van der Waals surface area contributed by atoms with Gasteiger partial charge in [0.05, 0.1) is 4.90 Å². The summed E-state index contributed by atoms with van der Waals surface area (Å²) < 4.78 is 27.8. The van der Waals surface area contributed by atoms with E-state index in [4.69, 9.17) is 0 Å². The van der Waals surface area contributed by atoms with Gasteiger partial charge in [0.2, 0.25) is 10.0 Å². The zero-order chi connectivity index (χ0) is 19.6. The summed E-state index contributed by atoms with van der Waals surface area (Å²) >= 11 is 0. The molecule has 1 heterocycles. The lowest BCUT2D eigenvalue weighted by atomic mass is 10.1. The third-order valence-corrected chi connectivity index (χ3v) is 7.01. The molecule has 0 saturated carbocycles. The number of hydrogen-bond acceptors (Lipinski definition) is 3. The van der Waals surface area contributed by atoms with E-state index in [0.717, 1.165) is 16.7 Å². The van der Waals surface area contributed by atoms with Gasteiger partial charge in [-0.05, 0) is 56.5 Å². The van der Waals surface area contributed by atoms with E-state index in [1.54, 1.807) is 11.0 Å². The summed E-state index contributed by atoms with van der Waals surface area (Å²) in [5, 5.41) is 0. The Morgan fingerprint density at radius 2 is 1.63 bits per heavy atom. The molecule has 1 amide bonds. The molecule has 27 heavy (non-hydrogen) atoms. The van der Waals surface area contributed by atoms with Gasteiger partial charge in [0.15, 0.2) is 0 Å². The molecule has 0 radical (unpaired) electrons. The summed E-state index contributed by atoms with van der Waals surface area (Å²) in [6.45, 7) is 7.36. The zero-order valence-electron chi connectivity index (χ0n) is 16.1. The maximum absolute atomic E-state index is 13.1. The third kappa shape index (κ3) is 4.22. The second-order valence-corrected chi connectivity index (χ2v) is 9.09. The first-order valence-corrected chi connectivity index (χ1v) is 10.7. The zero-order valence-corrected chi connectivity index (χ0v) is 16.9. The molecule has 5 nitrogen and oxygen atoms in total. The molecule has 1 saturated heterocycles. The highest BCUT2D eigenvalue weighted by Gasteiger charge is 2.29. The number of nitrogens with zero attached hydrogens (tertiary/aromatic N) is 2. The lowest BCUT2D eigenvalue weighted by Gasteiger charge is -2.23. The average Bonchev–Trinajstić information content (AvgIpc) is 2.89. The largest absolute Gasteiger partial charge is 0.337 e. The highest BCUT2D eigenvalue weighted by Crippen LogP contribution is 2.23. The van der Waals surface area contributed by atoms with E-state index in [1.165, 1.54) is 4.31 Å². The lowest BCUT2D eigenvalue weighted by Crippen LogP contribution is -2.37. The van der Waals surface area contributed by atoms with Crippen molar-refractivity contribution in [1.29, 1.82) is 0 Å². The Labute approximate surface area is 161 Å². The minimum atomic E-state index is -3.56. The van der Waals surface area contributed by atoms with E-state index in [-0.39, 0.29) is 5.91 Å². The average molecular weight is 387 g/mol. The number of rotatable bonds is 3. The third-order valence-electron chi connectivity index (χ3n) is 4.97. The second kappa shape index (κ2) is 7.82. The van der Waals surface area contributed by atoms with Gasteiger partial charge >= 0.3 is 0 Å². The van der Waals surface area contributed by atoms with Crippen LogP contribution in [0.5, 0.6) is 0 Å². The molecule has 2 aromatic rings. The Hall–Kier alpha value is -2.18. The summed E-state index contributed by atoms with van der Waals surface area (Å²) in [5.74, 6) is -0.0373. The van der Waals surface area contributed by atoms with Crippen LogP contribution in [0.1, 0.15) is 33.5 Å². The number of hydrogen-bond donors (Lipinski definition) is 0. The van der Waals surface area contributed by atoms with Gasteiger partial charge in [-0.15, -0.1) is 0 Å². The number of amides is 1. The number of benzene rings is 2. The Balaban J connectivity index is 1.78. The van der Waals surface area contributed by atoms with Gasteiger partial charge in [0.25, 0.3) is 5.91 Å². The molecule has 0 aromatic heterocycles. The van der Waals surface area contributed by atoms with Crippen molar-refractivity contribution >= 4 is 15.9 Å². The predicted octanol–water partition coefficient (Wildman–Crippen LogP) is 3.15. The van der Waals surface area contributed by atoms with Gasteiger partial charge in [-0.2, -0.15) is 4.31 Å². The summed E-state index contributed by atoms with van der Waals surface area (Å²) in [7, 11) is -3.56. The molecule has 0 N–H and O–H groups in total. The van der Waals surface area contributed by atoms with Crippen LogP contribution >= 0.6 is 0 Å². The fourth-order valence-corrected chi connectivity index (χ4v) is 5.20. The molecule has 0 bridgehead atoms. The monoisotopic (exact) mass is 386 g/mol. The van der Waals surface area contributed by atoms with Crippen LogP contribution in [0.15, 0.2) is 47.4 Å². The Kier molecular flexibility index (Phi) is 5.67. The highest BCUT2D eigenvalue weighted by molar-refractivity contribution is 7.89. The van der Waals surface area contributed by atoms with Crippen molar-refractivity contribution in [3.05, 3.63) is 64.7 Å². The summed E-state index contributed by atoms with van der Waals surface area (Å²) in [5.41, 5.74) is 3.36. The fraction of sp³-hybridized carbons (Fsp3) is 0.381. The standard InChI is InChI=1S/C21H26N2O3S/c1-16-6-4-7-19(14-16)21(24)22-10-5-11-23(13-12-22)27(25,26)20-15-17(2)8-9-18(20)3/h4,6-9,14-15H,5,10-13H2,1-3H3. The molecule has 0 unspecified atom stereocenters. The van der Waals surface area contributed by atoms with Crippen LogP contribution < -0.4 is 0 Å². The molecular formula is C21H26N2O3S. The first kappa shape index (κ1) is 19.6. The van der Waals surface area contributed by atoms with E-state index < -0.39 is 10.0 Å². The molecular weight excluding hydrogens is 360 g/mol. The molecule has 144 valence electrons. The Bertz CT molecular complexity index is 954. The number of carbonyl (C=O) groups excluding carboxylic acids is 1.